The van der Waals surface area contributed by atoms with Crippen LogP contribution in [-0.4, -0.2) is 29.8 Å². The summed E-state index contributed by atoms with van der Waals surface area (Å²) >= 11 is 5.75. The lowest BCUT2D eigenvalue weighted by molar-refractivity contribution is -0.147. The minimum atomic E-state index is -0.189. The highest BCUT2D eigenvalue weighted by molar-refractivity contribution is 6.30. The van der Waals surface area contributed by atoms with Crippen molar-refractivity contribution in [3.05, 3.63) is 34.9 Å². The predicted octanol–water partition coefficient (Wildman–Crippen LogP) is 0.798. The molecule has 0 bridgehead atoms. The fraction of sp³-hybridized carbons (Fsp3) is 0.273. The Kier molecular flexibility index (Phi) is 3.22. The molecule has 0 unspecified atom stereocenters. The van der Waals surface area contributed by atoms with Gasteiger partial charge in [-0.1, -0.05) is 23.7 Å². The molecule has 0 atom stereocenters. The van der Waals surface area contributed by atoms with Gasteiger partial charge in [-0.05, 0) is 17.7 Å². The molecule has 0 saturated carbocycles. The zero-order valence-electron chi connectivity index (χ0n) is 8.57. The number of hydrogen-bond donors (Lipinski definition) is 1. The first-order valence-electron chi connectivity index (χ1n) is 4.95. The van der Waals surface area contributed by atoms with Crippen LogP contribution < -0.4 is 5.32 Å². The number of piperazine rings is 1. The number of benzene rings is 1. The van der Waals surface area contributed by atoms with Gasteiger partial charge in [0.25, 0.3) is 0 Å². The Hall–Kier alpha value is -1.39. The normalized spacial score (nSPS) is 16.7. The Morgan fingerprint density at radius 1 is 1.12 bits per heavy atom. The van der Waals surface area contributed by atoms with E-state index in [0.717, 1.165) is 5.56 Å². The maximum absolute atomic E-state index is 11.5. The van der Waals surface area contributed by atoms with Crippen LogP contribution in [0.3, 0.4) is 0 Å². The molecule has 84 valence electrons. The molecular formula is C11H11ClN2O2. The fourth-order valence-corrected chi connectivity index (χ4v) is 1.68. The molecule has 1 N–H and O–H groups in total. The van der Waals surface area contributed by atoms with Crippen LogP contribution in [0, 0.1) is 0 Å². The summed E-state index contributed by atoms with van der Waals surface area (Å²) in [6, 6.07) is 7.11. The van der Waals surface area contributed by atoms with E-state index in [4.69, 9.17) is 11.6 Å². The summed E-state index contributed by atoms with van der Waals surface area (Å²) in [5, 5.41) is 3.39. The third kappa shape index (κ3) is 2.40. The molecule has 1 aliphatic rings. The van der Waals surface area contributed by atoms with E-state index in [-0.39, 0.29) is 24.9 Å². The highest BCUT2D eigenvalue weighted by atomic mass is 35.5. The second-order valence-corrected chi connectivity index (χ2v) is 4.04. The van der Waals surface area contributed by atoms with Gasteiger partial charge >= 0.3 is 0 Å². The number of amides is 2. The van der Waals surface area contributed by atoms with Crippen LogP contribution in [0.25, 0.3) is 0 Å². The van der Waals surface area contributed by atoms with Gasteiger partial charge in [0.05, 0.1) is 19.6 Å². The Morgan fingerprint density at radius 2 is 1.69 bits per heavy atom. The second-order valence-electron chi connectivity index (χ2n) is 3.60. The van der Waals surface area contributed by atoms with Gasteiger partial charge in [0.15, 0.2) is 0 Å². The number of carbonyl (C=O) groups is 2. The molecule has 2 amide bonds. The van der Waals surface area contributed by atoms with Gasteiger partial charge in [-0.2, -0.15) is 0 Å². The van der Waals surface area contributed by atoms with Gasteiger partial charge in [-0.3, -0.25) is 19.8 Å². The largest absolute Gasteiger partial charge is 0.300 e. The van der Waals surface area contributed by atoms with Crippen LogP contribution in [0.4, 0.5) is 0 Å². The zero-order chi connectivity index (χ0) is 11.5. The van der Waals surface area contributed by atoms with E-state index in [1.165, 1.54) is 4.90 Å². The molecule has 1 heterocycles. The van der Waals surface area contributed by atoms with Gasteiger partial charge in [-0.25, -0.2) is 0 Å². The molecule has 0 aliphatic carbocycles. The van der Waals surface area contributed by atoms with Crippen molar-refractivity contribution in [1.29, 1.82) is 0 Å². The molecule has 1 fully saturated rings. The van der Waals surface area contributed by atoms with Crippen molar-refractivity contribution in [3.8, 4) is 0 Å². The van der Waals surface area contributed by atoms with Crippen LogP contribution in [0.1, 0.15) is 5.56 Å². The summed E-state index contributed by atoms with van der Waals surface area (Å²) in [5.74, 6) is -0.377. The number of imide groups is 1. The lowest BCUT2D eigenvalue weighted by Gasteiger charge is -2.25. The number of nitrogens with zero attached hydrogens (tertiary/aromatic N) is 1. The van der Waals surface area contributed by atoms with Crippen molar-refractivity contribution in [2.24, 2.45) is 0 Å². The van der Waals surface area contributed by atoms with Crippen molar-refractivity contribution in [1.82, 2.24) is 10.2 Å². The van der Waals surface area contributed by atoms with Crippen LogP contribution in [0.15, 0.2) is 24.3 Å². The van der Waals surface area contributed by atoms with E-state index < -0.39 is 0 Å². The first-order valence-corrected chi connectivity index (χ1v) is 5.33. The Bertz CT molecular complexity index is 400. The fourth-order valence-electron chi connectivity index (χ4n) is 1.56. The molecule has 16 heavy (non-hydrogen) atoms. The molecule has 1 saturated heterocycles. The van der Waals surface area contributed by atoms with E-state index >= 15 is 0 Å². The highest BCUT2D eigenvalue weighted by Crippen LogP contribution is 2.12. The first-order chi connectivity index (χ1) is 7.66. The molecule has 0 radical (unpaired) electrons. The van der Waals surface area contributed by atoms with Crippen LogP contribution in [-0.2, 0) is 16.1 Å². The number of nitrogens with one attached hydrogen (secondary N) is 1. The summed E-state index contributed by atoms with van der Waals surface area (Å²) < 4.78 is 0. The second kappa shape index (κ2) is 4.63. The monoisotopic (exact) mass is 238 g/mol. The van der Waals surface area contributed by atoms with Crippen LogP contribution in [0.5, 0.6) is 0 Å². The van der Waals surface area contributed by atoms with E-state index in [1.54, 1.807) is 12.1 Å². The topological polar surface area (TPSA) is 49.4 Å². The van der Waals surface area contributed by atoms with Crippen LogP contribution >= 0.6 is 11.6 Å². The van der Waals surface area contributed by atoms with Crippen molar-refractivity contribution < 1.29 is 9.59 Å². The van der Waals surface area contributed by atoms with Crippen molar-refractivity contribution >= 4 is 23.4 Å². The number of hydrogen-bond acceptors (Lipinski definition) is 3. The van der Waals surface area contributed by atoms with Gasteiger partial charge in [0, 0.05) is 5.02 Å². The Labute approximate surface area is 98.2 Å². The van der Waals surface area contributed by atoms with E-state index in [0.29, 0.717) is 11.6 Å². The summed E-state index contributed by atoms with van der Waals surface area (Å²) in [7, 11) is 0. The lowest BCUT2D eigenvalue weighted by Crippen LogP contribution is -2.51. The molecule has 2 rings (SSSR count). The zero-order valence-corrected chi connectivity index (χ0v) is 9.33. The molecule has 0 aromatic heterocycles. The number of halogens is 1. The maximum atomic E-state index is 11.5. The summed E-state index contributed by atoms with van der Waals surface area (Å²) in [6.07, 6.45) is 0. The number of rotatable bonds is 2. The third-order valence-electron chi connectivity index (χ3n) is 2.41. The number of carbonyl (C=O) groups excluding carboxylic acids is 2. The summed E-state index contributed by atoms with van der Waals surface area (Å²) in [6.45, 7) is 0.759. The molecule has 5 heteroatoms. The van der Waals surface area contributed by atoms with E-state index in [9.17, 15) is 9.59 Å². The molecular weight excluding hydrogens is 228 g/mol. The van der Waals surface area contributed by atoms with Gasteiger partial charge in [-0.15, -0.1) is 0 Å². The standard InChI is InChI=1S/C11H11ClN2O2/c12-9-3-1-8(2-4-9)7-14-10(15)5-13-6-11(14)16/h1-4,13H,5-7H2. The molecule has 4 nitrogen and oxygen atoms in total. The molecule has 1 aliphatic heterocycles. The van der Waals surface area contributed by atoms with E-state index in [2.05, 4.69) is 5.32 Å². The third-order valence-corrected chi connectivity index (χ3v) is 2.66. The quantitative estimate of drug-likeness (QED) is 0.776. The first kappa shape index (κ1) is 11.1. The van der Waals surface area contributed by atoms with Gasteiger partial charge < -0.3 is 0 Å². The smallest absolute Gasteiger partial charge is 0.243 e. The predicted molar refractivity (Wildman–Crippen MR) is 59.9 cm³/mol. The Balaban J connectivity index is 2.10. The van der Waals surface area contributed by atoms with E-state index in [1.807, 2.05) is 12.1 Å². The Morgan fingerprint density at radius 3 is 2.25 bits per heavy atom. The maximum Gasteiger partial charge on any atom is 0.243 e. The molecule has 1 aromatic rings. The van der Waals surface area contributed by atoms with Gasteiger partial charge in [0.2, 0.25) is 11.8 Å². The highest BCUT2D eigenvalue weighted by Gasteiger charge is 2.25. The lowest BCUT2D eigenvalue weighted by atomic mass is 10.2. The summed E-state index contributed by atoms with van der Waals surface area (Å²) in [5.41, 5.74) is 0.896. The summed E-state index contributed by atoms with van der Waals surface area (Å²) in [4.78, 5) is 24.2. The SMILES string of the molecule is O=C1CNCC(=O)N1Cc1ccc(Cl)cc1. The average Bonchev–Trinajstić information content (AvgIpc) is 2.26. The average molecular weight is 239 g/mol. The van der Waals surface area contributed by atoms with Crippen molar-refractivity contribution in [2.75, 3.05) is 13.1 Å². The van der Waals surface area contributed by atoms with Crippen molar-refractivity contribution in [3.63, 3.8) is 0 Å². The minimum Gasteiger partial charge on any atom is -0.300 e. The van der Waals surface area contributed by atoms with Crippen molar-refractivity contribution in [2.45, 2.75) is 6.54 Å². The van der Waals surface area contributed by atoms with Gasteiger partial charge in [0.1, 0.15) is 0 Å². The van der Waals surface area contributed by atoms with Crippen LogP contribution in [0.2, 0.25) is 5.02 Å². The molecule has 1 aromatic carbocycles. The molecule has 0 spiro atoms. The minimum absolute atomic E-state index is 0.189.